The third-order valence-electron chi connectivity index (χ3n) is 5.43. The van der Waals surface area contributed by atoms with Crippen molar-refractivity contribution in [1.82, 2.24) is 0 Å². The van der Waals surface area contributed by atoms with Gasteiger partial charge < -0.3 is 49.3 Å². The predicted octanol–water partition coefficient (Wildman–Crippen LogP) is 0.792. The standard InChI is InChI=1S/C22H22O11/c1-8-17(26)19(28)20(29)22(31-8)33-15-7-14-16(18(27)21(15)30-2)12(25)6-13(32-14)9-3-4-10(23)11(24)5-9/h3-8,17,19-20,22-24,26-29H,1-2H3/t8-,17-,19-,20-,22+/m1/s1. The Kier molecular flexibility index (Phi) is 5.80. The van der Waals surface area contributed by atoms with Crippen molar-refractivity contribution in [1.29, 1.82) is 0 Å². The summed E-state index contributed by atoms with van der Waals surface area (Å²) in [5.74, 6) is -1.75. The van der Waals surface area contributed by atoms with E-state index in [0.29, 0.717) is 0 Å². The minimum Gasteiger partial charge on any atom is -0.504 e. The Bertz CT molecular complexity index is 1250. The fourth-order valence-corrected chi connectivity index (χ4v) is 3.60. The first kappa shape index (κ1) is 22.7. The number of benzene rings is 2. The number of phenolic OH excluding ortho intramolecular Hbond substituents is 3. The van der Waals surface area contributed by atoms with E-state index in [4.69, 9.17) is 18.6 Å². The smallest absolute Gasteiger partial charge is 0.229 e. The normalized spacial score (nSPS) is 25.2. The summed E-state index contributed by atoms with van der Waals surface area (Å²) in [6, 6.07) is 6.16. The van der Waals surface area contributed by atoms with E-state index >= 15 is 0 Å². The third kappa shape index (κ3) is 3.91. The van der Waals surface area contributed by atoms with Crippen LogP contribution in [-0.2, 0) is 4.74 Å². The molecule has 0 spiro atoms. The molecule has 0 amide bonds. The SMILES string of the molecule is COc1c(O[C@@H]2O[C@H](C)[C@@H](O)[C@@H](O)[C@H]2O)cc2oc(-c3ccc(O)c(O)c3)cc(=O)c2c1O. The fraction of sp³-hybridized carbons (Fsp3) is 0.318. The molecule has 0 radical (unpaired) electrons. The predicted molar refractivity (Wildman–Crippen MR) is 112 cm³/mol. The largest absolute Gasteiger partial charge is 0.504 e. The molecule has 1 aliphatic heterocycles. The number of fused-ring (bicyclic) bond motifs is 1. The van der Waals surface area contributed by atoms with E-state index in [1.807, 2.05) is 0 Å². The minimum absolute atomic E-state index is 0.0273. The lowest BCUT2D eigenvalue weighted by molar-refractivity contribution is -0.268. The summed E-state index contributed by atoms with van der Waals surface area (Å²) in [6.07, 6.45) is -6.83. The molecular formula is C22H22O11. The van der Waals surface area contributed by atoms with Crippen LogP contribution in [0.15, 0.2) is 39.5 Å². The van der Waals surface area contributed by atoms with Gasteiger partial charge in [0.05, 0.1) is 13.2 Å². The summed E-state index contributed by atoms with van der Waals surface area (Å²) in [4.78, 5) is 12.7. The fourth-order valence-electron chi connectivity index (χ4n) is 3.60. The van der Waals surface area contributed by atoms with Crippen molar-refractivity contribution in [3.05, 3.63) is 40.6 Å². The van der Waals surface area contributed by atoms with Crippen molar-refractivity contribution in [3.63, 3.8) is 0 Å². The van der Waals surface area contributed by atoms with Crippen LogP contribution in [0.25, 0.3) is 22.3 Å². The molecule has 0 unspecified atom stereocenters. The molecule has 2 aromatic carbocycles. The summed E-state index contributed by atoms with van der Waals surface area (Å²) in [5.41, 5.74) is -0.460. The van der Waals surface area contributed by atoms with E-state index in [1.54, 1.807) is 0 Å². The number of hydrogen-bond acceptors (Lipinski definition) is 11. The molecule has 33 heavy (non-hydrogen) atoms. The summed E-state index contributed by atoms with van der Waals surface area (Å²) >= 11 is 0. The Labute approximate surface area is 186 Å². The molecule has 3 aromatic rings. The molecule has 1 saturated heterocycles. The first-order valence-electron chi connectivity index (χ1n) is 9.88. The van der Waals surface area contributed by atoms with Gasteiger partial charge in [-0.2, -0.15) is 0 Å². The molecule has 11 heteroatoms. The lowest BCUT2D eigenvalue weighted by atomic mass is 10.00. The average Bonchev–Trinajstić information content (AvgIpc) is 2.77. The lowest BCUT2D eigenvalue weighted by Gasteiger charge is -2.39. The number of hydrogen-bond donors (Lipinski definition) is 6. The highest BCUT2D eigenvalue weighted by Crippen LogP contribution is 2.43. The number of aromatic hydroxyl groups is 3. The van der Waals surface area contributed by atoms with Gasteiger partial charge in [-0.1, -0.05) is 0 Å². The zero-order valence-corrected chi connectivity index (χ0v) is 17.5. The Morgan fingerprint density at radius 2 is 1.67 bits per heavy atom. The van der Waals surface area contributed by atoms with E-state index in [9.17, 15) is 35.4 Å². The second-order valence-corrected chi connectivity index (χ2v) is 7.61. The van der Waals surface area contributed by atoms with Crippen LogP contribution in [-0.4, -0.2) is 68.5 Å². The number of aliphatic hydroxyl groups is 3. The van der Waals surface area contributed by atoms with Crippen LogP contribution in [0.1, 0.15) is 6.92 Å². The van der Waals surface area contributed by atoms with Crippen molar-refractivity contribution in [2.45, 2.75) is 37.6 Å². The first-order valence-corrected chi connectivity index (χ1v) is 9.88. The Morgan fingerprint density at radius 1 is 0.939 bits per heavy atom. The number of methoxy groups -OCH3 is 1. The van der Waals surface area contributed by atoms with Gasteiger partial charge in [-0.05, 0) is 25.1 Å². The summed E-state index contributed by atoms with van der Waals surface area (Å²) < 4.78 is 21.9. The van der Waals surface area contributed by atoms with Gasteiger partial charge in [0.2, 0.25) is 12.0 Å². The molecule has 176 valence electrons. The van der Waals surface area contributed by atoms with E-state index in [-0.39, 0.29) is 39.5 Å². The Morgan fingerprint density at radius 3 is 2.33 bits per heavy atom. The van der Waals surface area contributed by atoms with Crippen LogP contribution in [0.2, 0.25) is 0 Å². The molecule has 4 rings (SSSR count). The highest BCUT2D eigenvalue weighted by Gasteiger charge is 2.43. The maximum absolute atomic E-state index is 12.7. The van der Waals surface area contributed by atoms with Gasteiger partial charge in [0.1, 0.15) is 35.0 Å². The number of rotatable bonds is 4. The maximum atomic E-state index is 12.7. The van der Waals surface area contributed by atoms with Crippen molar-refractivity contribution >= 4 is 11.0 Å². The molecule has 6 N–H and O–H groups in total. The van der Waals surface area contributed by atoms with E-state index < -0.39 is 47.6 Å². The second-order valence-electron chi connectivity index (χ2n) is 7.61. The Hall–Kier alpha value is -3.51. The topological polar surface area (TPSA) is 179 Å². The first-order chi connectivity index (χ1) is 15.6. The molecule has 0 saturated carbocycles. The van der Waals surface area contributed by atoms with Crippen molar-refractivity contribution < 1.29 is 49.3 Å². The summed E-state index contributed by atoms with van der Waals surface area (Å²) in [5, 5.41) is 59.8. The monoisotopic (exact) mass is 462 g/mol. The zero-order chi connectivity index (χ0) is 24.0. The van der Waals surface area contributed by atoms with Gasteiger partial charge >= 0.3 is 0 Å². The number of ether oxygens (including phenoxy) is 3. The van der Waals surface area contributed by atoms with Crippen LogP contribution in [0.3, 0.4) is 0 Å². The highest BCUT2D eigenvalue weighted by molar-refractivity contribution is 5.89. The molecule has 11 nitrogen and oxygen atoms in total. The second kappa shape index (κ2) is 8.45. The lowest BCUT2D eigenvalue weighted by Crippen LogP contribution is -2.58. The molecule has 5 atom stereocenters. The van der Waals surface area contributed by atoms with Gasteiger partial charge in [0, 0.05) is 17.7 Å². The minimum atomic E-state index is -1.63. The maximum Gasteiger partial charge on any atom is 0.229 e. The Balaban J connectivity index is 1.81. The van der Waals surface area contributed by atoms with Gasteiger partial charge in [0.25, 0.3) is 0 Å². The molecule has 1 aromatic heterocycles. The summed E-state index contributed by atoms with van der Waals surface area (Å²) in [7, 11) is 1.22. The molecule has 1 fully saturated rings. The third-order valence-corrected chi connectivity index (χ3v) is 5.43. The van der Waals surface area contributed by atoms with Gasteiger partial charge in [-0.3, -0.25) is 4.79 Å². The van der Waals surface area contributed by atoms with E-state index in [0.717, 1.165) is 6.07 Å². The van der Waals surface area contributed by atoms with Crippen molar-refractivity contribution in [3.8, 4) is 40.1 Å². The van der Waals surface area contributed by atoms with Crippen LogP contribution in [0.5, 0.6) is 28.7 Å². The molecule has 0 bridgehead atoms. The van der Waals surface area contributed by atoms with Gasteiger partial charge in [-0.15, -0.1) is 0 Å². The molecule has 2 heterocycles. The summed E-state index contributed by atoms with van der Waals surface area (Å²) in [6.45, 7) is 1.48. The van der Waals surface area contributed by atoms with Crippen molar-refractivity contribution in [2.24, 2.45) is 0 Å². The van der Waals surface area contributed by atoms with Crippen LogP contribution < -0.4 is 14.9 Å². The van der Waals surface area contributed by atoms with Crippen LogP contribution >= 0.6 is 0 Å². The van der Waals surface area contributed by atoms with Gasteiger partial charge in [0.15, 0.2) is 28.4 Å². The zero-order valence-electron chi connectivity index (χ0n) is 17.5. The average molecular weight is 462 g/mol. The van der Waals surface area contributed by atoms with E-state index in [1.165, 1.54) is 38.3 Å². The van der Waals surface area contributed by atoms with E-state index in [2.05, 4.69) is 0 Å². The van der Waals surface area contributed by atoms with Crippen LogP contribution in [0, 0.1) is 0 Å². The van der Waals surface area contributed by atoms with Crippen LogP contribution in [0.4, 0.5) is 0 Å². The number of aliphatic hydroxyl groups excluding tert-OH is 3. The molecule has 0 aliphatic carbocycles. The molecule has 1 aliphatic rings. The van der Waals surface area contributed by atoms with Gasteiger partial charge in [-0.25, -0.2) is 0 Å². The highest BCUT2D eigenvalue weighted by atomic mass is 16.7. The van der Waals surface area contributed by atoms with Crippen molar-refractivity contribution in [2.75, 3.05) is 7.11 Å². The quantitative estimate of drug-likeness (QED) is 0.302. The number of phenols is 3. The molecular weight excluding hydrogens is 440 g/mol.